The molecular weight excluding hydrogens is 509 g/mol. The molecule has 1 aliphatic heterocycles. The van der Waals surface area contributed by atoms with Gasteiger partial charge in [-0.05, 0) is 49.2 Å². The standard InChI is InChI=1S/C25H22ClF3N6S/c1-15-5-3-6-16(2)23(15)24-17(26)9-10-19(31-24)33-36-22-8-4-7-20(32-22)35-12-11-34-13-18(25(27,28)29)30-21(34)14-35/h3-10,13H,11-12,14H2,1-2H3,(H,31,33). The highest BCUT2D eigenvalue weighted by Crippen LogP contribution is 2.34. The molecular formula is C25H22ClF3N6S. The molecule has 1 aliphatic rings. The number of nitrogens with zero attached hydrogens (tertiary/aromatic N) is 5. The molecule has 6 nitrogen and oxygen atoms in total. The van der Waals surface area contributed by atoms with Crippen molar-refractivity contribution in [3.05, 3.63) is 82.4 Å². The van der Waals surface area contributed by atoms with E-state index < -0.39 is 11.9 Å². The summed E-state index contributed by atoms with van der Waals surface area (Å²) in [4.78, 5) is 15.1. The number of alkyl halides is 3. The molecule has 0 unspecified atom stereocenters. The van der Waals surface area contributed by atoms with Crippen LogP contribution in [0.15, 0.2) is 59.8 Å². The van der Waals surface area contributed by atoms with Crippen molar-refractivity contribution >= 4 is 35.2 Å². The van der Waals surface area contributed by atoms with Crippen LogP contribution >= 0.6 is 23.5 Å². The van der Waals surface area contributed by atoms with Crippen molar-refractivity contribution in [1.82, 2.24) is 19.5 Å². The maximum absolute atomic E-state index is 13.0. The van der Waals surface area contributed by atoms with Crippen LogP contribution < -0.4 is 9.62 Å². The predicted octanol–water partition coefficient (Wildman–Crippen LogP) is 6.77. The number of anilines is 2. The third kappa shape index (κ3) is 5.01. The van der Waals surface area contributed by atoms with Crippen molar-refractivity contribution in [2.45, 2.75) is 38.1 Å². The topological polar surface area (TPSA) is 58.9 Å². The first-order chi connectivity index (χ1) is 17.2. The zero-order valence-corrected chi connectivity index (χ0v) is 21.0. The predicted molar refractivity (Wildman–Crippen MR) is 136 cm³/mol. The largest absolute Gasteiger partial charge is 0.434 e. The van der Waals surface area contributed by atoms with Crippen molar-refractivity contribution < 1.29 is 13.2 Å². The van der Waals surface area contributed by atoms with E-state index >= 15 is 0 Å². The fraction of sp³-hybridized carbons (Fsp3) is 0.240. The lowest BCUT2D eigenvalue weighted by molar-refractivity contribution is -0.141. The summed E-state index contributed by atoms with van der Waals surface area (Å²) in [5, 5.41) is 1.27. The highest BCUT2D eigenvalue weighted by molar-refractivity contribution is 8.00. The van der Waals surface area contributed by atoms with Crippen LogP contribution in [0.5, 0.6) is 0 Å². The fourth-order valence-electron chi connectivity index (χ4n) is 4.19. The first-order valence-corrected chi connectivity index (χ1v) is 12.4. The molecule has 0 aliphatic carbocycles. The average molecular weight is 531 g/mol. The normalized spacial score (nSPS) is 13.6. The number of nitrogens with one attached hydrogen (secondary N) is 1. The van der Waals surface area contributed by atoms with E-state index in [1.807, 2.05) is 61.2 Å². The Morgan fingerprint density at radius 3 is 2.44 bits per heavy atom. The monoisotopic (exact) mass is 530 g/mol. The van der Waals surface area contributed by atoms with Crippen LogP contribution in [0.25, 0.3) is 11.3 Å². The van der Waals surface area contributed by atoms with Crippen molar-refractivity contribution in [2.24, 2.45) is 0 Å². The van der Waals surface area contributed by atoms with Crippen LogP contribution in [-0.2, 0) is 19.3 Å². The Hall–Kier alpha value is -3.24. The third-order valence-corrected chi connectivity index (χ3v) is 7.00. The highest BCUT2D eigenvalue weighted by atomic mass is 35.5. The summed E-state index contributed by atoms with van der Waals surface area (Å²) in [5.74, 6) is 1.68. The van der Waals surface area contributed by atoms with Crippen LogP contribution in [0.1, 0.15) is 22.6 Å². The SMILES string of the molecule is Cc1cccc(C)c1-c1nc(NSc2cccc(N3CCn4cc(C(F)(F)F)nc4C3)n2)ccc1Cl. The van der Waals surface area contributed by atoms with Gasteiger partial charge in [0.2, 0.25) is 0 Å². The Labute approximate surface area is 215 Å². The summed E-state index contributed by atoms with van der Waals surface area (Å²) >= 11 is 7.78. The number of hydrogen-bond donors (Lipinski definition) is 1. The molecule has 1 aromatic carbocycles. The first-order valence-electron chi connectivity index (χ1n) is 11.2. The summed E-state index contributed by atoms with van der Waals surface area (Å²) in [5.41, 5.74) is 3.03. The second-order valence-electron chi connectivity index (χ2n) is 8.49. The van der Waals surface area contributed by atoms with Gasteiger partial charge in [-0.25, -0.2) is 15.0 Å². The van der Waals surface area contributed by atoms with Gasteiger partial charge in [-0.2, -0.15) is 13.2 Å². The summed E-state index contributed by atoms with van der Waals surface area (Å²) in [7, 11) is 0. The number of aromatic nitrogens is 4. The minimum Gasteiger partial charge on any atom is -0.347 e. The molecule has 5 rings (SSSR count). The van der Waals surface area contributed by atoms with E-state index in [2.05, 4.69) is 14.7 Å². The molecule has 0 saturated heterocycles. The van der Waals surface area contributed by atoms with Gasteiger partial charge in [-0.15, -0.1) is 0 Å². The molecule has 0 bridgehead atoms. The van der Waals surface area contributed by atoms with E-state index in [4.69, 9.17) is 16.6 Å². The summed E-state index contributed by atoms with van der Waals surface area (Å²) in [6, 6.07) is 15.2. The lowest BCUT2D eigenvalue weighted by atomic mass is 9.99. The molecule has 1 N–H and O–H groups in total. The van der Waals surface area contributed by atoms with E-state index in [1.54, 1.807) is 10.6 Å². The van der Waals surface area contributed by atoms with E-state index in [0.29, 0.717) is 46.3 Å². The van der Waals surface area contributed by atoms with Gasteiger partial charge in [0.15, 0.2) is 5.69 Å². The van der Waals surface area contributed by atoms with Crippen LogP contribution in [0.2, 0.25) is 5.02 Å². The summed E-state index contributed by atoms with van der Waals surface area (Å²) in [6.45, 7) is 5.25. The molecule has 4 heterocycles. The molecule has 0 fully saturated rings. The van der Waals surface area contributed by atoms with Crippen molar-refractivity contribution in [1.29, 1.82) is 0 Å². The Morgan fingerprint density at radius 2 is 1.69 bits per heavy atom. The fourth-order valence-corrected chi connectivity index (χ4v) is 5.00. The molecule has 36 heavy (non-hydrogen) atoms. The van der Waals surface area contributed by atoms with Gasteiger partial charge in [0.05, 0.1) is 17.3 Å². The number of hydrogen-bond acceptors (Lipinski definition) is 6. The number of halogens is 4. The molecule has 0 atom stereocenters. The number of fused-ring (bicyclic) bond motifs is 1. The second kappa shape index (κ2) is 9.67. The van der Waals surface area contributed by atoms with E-state index in [-0.39, 0.29) is 6.54 Å². The second-order valence-corrected chi connectivity index (χ2v) is 9.72. The van der Waals surface area contributed by atoms with Crippen LogP contribution in [0.3, 0.4) is 0 Å². The smallest absolute Gasteiger partial charge is 0.347 e. The van der Waals surface area contributed by atoms with Crippen molar-refractivity contribution in [3.8, 4) is 11.3 Å². The first kappa shape index (κ1) is 24.5. The van der Waals surface area contributed by atoms with Gasteiger partial charge >= 0.3 is 6.18 Å². The van der Waals surface area contributed by atoms with Gasteiger partial charge < -0.3 is 14.2 Å². The van der Waals surface area contributed by atoms with Crippen LogP contribution in [-0.4, -0.2) is 26.1 Å². The maximum Gasteiger partial charge on any atom is 0.434 e. The number of aryl methyl sites for hydroxylation is 2. The molecule has 4 aromatic rings. The molecule has 11 heteroatoms. The van der Waals surface area contributed by atoms with Crippen molar-refractivity contribution in [2.75, 3.05) is 16.2 Å². The molecule has 186 valence electrons. The third-order valence-electron chi connectivity index (χ3n) is 5.95. The lowest BCUT2D eigenvalue weighted by Gasteiger charge is -2.28. The molecule has 0 spiro atoms. The molecule has 3 aromatic heterocycles. The molecule has 0 amide bonds. The summed E-state index contributed by atoms with van der Waals surface area (Å²) in [6.07, 6.45) is -3.38. The minimum atomic E-state index is -4.46. The molecule has 0 radical (unpaired) electrons. The van der Waals surface area contributed by atoms with Crippen LogP contribution in [0, 0.1) is 13.8 Å². The molecule has 0 saturated carbocycles. The number of pyridine rings is 2. The zero-order chi connectivity index (χ0) is 25.4. The summed E-state index contributed by atoms with van der Waals surface area (Å²) < 4.78 is 43.9. The Kier molecular flexibility index (Phi) is 6.57. The van der Waals surface area contributed by atoms with Gasteiger partial charge in [0, 0.05) is 36.8 Å². The highest BCUT2D eigenvalue weighted by Gasteiger charge is 2.35. The van der Waals surface area contributed by atoms with E-state index in [1.165, 1.54) is 11.9 Å². The maximum atomic E-state index is 13.0. The van der Waals surface area contributed by atoms with Gasteiger partial charge in [0.1, 0.15) is 22.5 Å². The quantitative estimate of drug-likeness (QED) is 0.287. The Balaban J connectivity index is 1.31. The van der Waals surface area contributed by atoms with E-state index in [0.717, 1.165) is 22.9 Å². The van der Waals surface area contributed by atoms with E-state index in [9.17, 15) is 13.2 Å². The Morgan fingerprint density at radius 1 is 0.944 bits per heavy atom. The van der Waals surface area contributed by atoms with Gasteiger partial charge in [-0.1, -0.05) is 35.9 Å². The lowest BCUT2D eigenvalue weighted by Crippen LogP contribution is -2.34. The minimum absolute atomic E-state index is 0.252. The zero-order valence-electron chi connectivity index (χ0n) is 19.5. The number of benzene rings is 1. The Bertz CT molecular complexity index is 1400. The van der Waals surface area contributed by atoms with Crippen LogP contribution in [0.4, 0.5) is 24.8 Å². The van der Waals surface area contributed by atoms with Gasteiger partial charge in [0.25, 0.3) is 0 Å². The van der Waals surface area contributed by atoms with Crippen molar-refractivity contribution in [3.63, 3.8) is 0 Å². The number of rotatable bonds is 5. The number of imidazole rings is 1. The van der Waals surface area contributed by atoms with Gasteiger partial charge in [-0.3, -0.25) is 0 Å². The average Bonchev–Trinajstić information content (AvgIpc) is 3.29.